The highest BCUT2D eigenvalue weighted by Gasteiger charge is 2.04. The Bertz CT molecular complexity index is 914. The Labute approximate surface area is 176 Å². The number of para-hydroxylation sites is 1. The molecule has 0 unspecified atom stereocenters. The molecule has 0 aliphatic heterocycles. The zero-order valence-corrected chi connectivity index (χ0v) is 17.0. The number of anilines is 2. The van der Waals surface area contributed by atoms with Crippen molar-refractivity contribution in [2.75, 3.05) is 37.0 Å². The van der Waals surface area contributed by atoms with Crippen LogP contribution < -0.4 is 24.8 Å². The maximum Gasteiger partial charge on any atom is 0.243 e. The van der Waals surface area contributed by atoms with Crippen LogP contribution in [0.15, 0.2) is 78.9 Å². The predicted molar refractivity (Wildman–Crippen MR) is 119 cm³/mol. The summed E-state index contributed by atoms with van der Waals surface area (Å²) in [6.45, 7) is 3.58. The van der Waals surface area contributed by atoms with Gasteiger partial charge < -0.3 is 24.8 Å². The molecule has 0 aliphatic rings. The van der Waals surface area contributed by atoms with Crippen molar-refractivity contribution in [1.82, 2.24) is 0 Å². The number of rotatable bonds is 11. The second kappa shape index (κ2) is 11.4. The third-order valence-corrected chi connectivity index (χ3v) is 4.10. The summed E-state index contributed by atoms with van der Waals surface area (Å²) in [7, 11) is 0. The van der Waals surface area contributed by atoms with E-state index in [0.717, 1.165) is 22.9 Å². The molecule has 156 valence electrons. The van der Waals surface area contributed by atoms with Crippen molar-refractivity contribution < 1.29 is 19.0 Å². The van der Waals surface area contributed by atoms with Crippen LogP contribution in [0.3, 0.4) is 0 Å². The lowest BCUT2D eigenvalue weighted by Crippen LogP contribution is -2.21. The van der Waals surface area contributed by atoms with Crippen molar-refractivity contribution in [3.05, 3.63) is 78.9 Å². The molecule has 3 aromatic carbocycles. The Kier molecular flexibility index (Phi) is 7.97. The van der Waals surface area contributed by atoms with Gasteiger partial charge in [-0.05, 0) is 55.5 Å². The number of benzene rings is 3. The average Bonchev–Trinajstić information content (AvgIpc) is 2.78. The summed E-state index contributed by atoms with van der Waals surface area (Å²) in [6.07, 6.45) is 0. The number of carbonyl (C=O) groups excluding carboxylic acids is 1. The molecule has 0 bridgehead atoms. The zero-order chi connectivity index (χ0) is 21.0. The maximum absolute atomic E-state index is 12.2. The quantitative estimate of drug-likeness (QED) is 0.456. The monoisotopic (exact) mass is 406 g/mol. The summed E-state index contributed by atoms with van der Waals surface area (Å²) in [5, 5.41) is 5.95. The fraction of sp³-hybridized carbons (Fsp3) is 0.208. The van der Waals surface area contributed by atoms with Crippen LogP contribution >= 0.6 is 0 Å². The summed E-state index contributed by atoms with van der Waals surface area (Å²) in [5.74, 6) is 2.17. The summed E-state index contributed by atoms with van der Waals surface area (Å²) >= 11 is 0. The molecule has 0 aliphatic carbocycles. The molecule has 0 saturated carbocycles. The molecular formula is C24H26N2O4. The summed E-state index contributed by atoms with van der Waals surface area (Å²) in [4.78, 5) is 12.2. The van der Waals surface area contributed by atoms with Crippen molar-refractivity contribution in [3.63, 3.8) is 0 Å². The van der Waals surface area contributed by atoms with E-state index in [0.29, 0.717) is 25.5 Å². The molecule has 0 spiro atoms. The molecule has 3 aromatic rings. The molecule has 0 heterocycles. The van der Waals surface area contributed by atoms with Gasteiger partial charge in [-0.2, -0.15) is 0 Å². The highest BCUT2D eigenvalue weighted by molar-refractivity contribution is 5.93. The molecular weight excluding hydrogens is 380 g/mol. The Morgan fingerprint density at radius 3 is 2.10 bits per heavy atom. The van der Waals surface area contributed by atoms with E-state index in [4.69, 9.17) is 14.2 Å². The van der Waals surface area contributed by atoms with Crippen molar-refractivity contribution >= 4 is 17.3 Å². The second-order valence-corrected chi connectivity index (χ2v) is 6.40. The Morgan fingerprint density at radius 1 is 0.733 bits per heavy atom. The van der Waals surface area contributed by atoms with Gasteiger partial charge in [0.15, 0.2) is 0 Å². The van der Waals surface area contributed by atoms with Crippen LogP contribution in [0.1, 0.15) is 6.92 Å². The van der Waals surface area contributed by atoms with E-state index in [1.165, 1.54) is 0 Å². The van der Waals surface area contributed by atoms with E-state index >= 15 is 0 Å². The largest absolute Gasteiger partial charge is 0.494 e. The average molecular weight is 406 g/mol. The Balaban J connectivity index is 1.38. The molecule has 3 rings (SSSR count). The molecule has 0 saturated heterocycles. The topological polar surface area (TPSA) is 68.8 Å². The molecule has 0 fully saturated rings. The van der Waals surface area contributed by atoms with E-state index in [1.54, 1.807) is 12.1 Å². The van der Waals surface area contributed by atoms with Gasteiger partial charge >= 0.3 is 0 Å². The maximum atomic E-state index is 12.2. The van der Waals surface area contributed by atoms with Gasteiger partial charge in [0.05, 0.1) is 13.2 Å². The molecule has 0 atom stereocenters. The molecule has 0 radical (unpaired) electrons. The van der Waals surface area contributed by atoms with Gasteiger partial charge in [0.2, 0.25) is 5.91 Å². The standard InChI is InChI=1S/C24H26N2O4/c1-2-28-23-10-6-7-20(17-23)25-18-24(27)26-19-11-13-22(14-12-19)30-16-15-29-21-8-4-3-5-9-21/h3-14,17,25H,2,15-16,18H2,1H3,(H,26,27). The van der Waals surface area contributed by atoms with Gasteiger partial charge in [0.25, 0.3) is 0 Å². The van der Waals surface area contributed by atoms with Crippen LogP contribution in [0.2, 0.25) is 0 Å². The fourth-order valence-electron chi connectivity index (χ4n) is 2.72. The lowest BCUT2D eigenvalue weighted by atomic mass is 10.3. The van der Waals surface area contributed by atoms with Crippen LogP contribution in [0.25, 0.3) is 0 Å². The van der Waals surface area contributed by atoms with E-state index in [2.05, 4.69) is 10.6 Å². The molecule has 6 nitrogen and oxygen atoms in total. The van der Waals surface area contributed by atoms with Crippen molar-refractivity contribution in [3.8, 4) is 17.2 Å². The number of ether oxygens (including phenoxy) is 3. The van der Waals surface area contributed by atoms with Crippen LogP contribution in [0.5, 0.6) is 17.2 Å². The molecule has 1 amide bonds. The predicted octanol–water partition coefficient (Wildman–Crippen LogP) is 4.59. The van der Waals surface area contributed by atoms with E-state index in [9.17, 15) is 4.79 Å². The van der Waals surface area contributed by atoms with Crippen LogP contribution in [-0.4, -0.2) is 32.3 Å². The van der Waals surface area contributed by atoms with E-state index in [1.807, 2.05) is 73.7 Å². The first-order chi connectivity index (χ1) is 14.7. The lowest BCUT2D eigenvalue weighted by molar-refractivity contribution is -0.114. The highest BCUT2D eigenvalue weighted by Crippen LogP contribution is 2.18. The highest BCUT2D eigenvalue weighted by atomic mass is 16.5. The summed E-state index contributed by atoms with van der Waals surface area (Å²) in [6, 6.07) is 24.4. The number of nitrogens with one attached hydrogen (secondary N) is 2. The first-order valence-corrected chi connectivity index (χ1v) is 9.90. The van der Waals surface area contributed by atoms with E-state index in [-0.39, 0.29) is 12.5 Å². The normalized spacial score (nSPS) is 10.2. The molecule has 0 aromatic heterocycles. The van der Waals surface area contributed by atoms with Crippen LogP contribution in [0, 0.1) is 0 Å². The third kappa shape index (κ3) is 7.05. The second-order valence-electron chi connectivity index (χ2n) is 6.40. The minimum absolute atomic E-state index is 0.137. The molecule has 2 N–H and O–H groups in total. The zero-order valence-electron chi connectivity index (χ0n) is 17.0. The smallest absolute Gasteiger partial charge is 0.243 e. The van der Waals surface area contributed by atoms with Crippen molar-refractivity contribution in [2.24, 2.45) is 0 Å². The van der Waals surface area contributed by atoms with Gasteiger partial charge in [-0.25, -0.2) is 0 Å². The number of amides is 1. The number of hydrogen-bond donors (Lipinski definition) is 2. The number of hydrogen-bond acceptors (Lipinski definition) is 5. The Hall–Kier alpha value is -3.67. The van der Waals surface area contributed by atoms with Crippen molar-refractivity contribution in [2.45, 2.75) is 6.92 Å². The number of carbonyl (C=O) groups is 1. The minimum Gasteiger partial charge on any atom is -0.494 e. The van der Waals surface area contributed by atoms with Gasteiger partial charge in [-0.15, -0.1) is 0 Å². The Morgan fingerprint density at radius 2 is 1.40 bits per heavy atom. The fourth-order valence-corrected chi connectivity index (χ4v) is 2.72. The summed E-state index contributed by atoms with van der Waals surface area (Å²) in [5.41, 5.74) is 1.54. The first kappa shape index (κ1) is 21.0. The third-order valence-electron chi connectivity index (χ3n) is 4.10. The lowest BCUT2D eigenvalue weighted by Gasteiger charge is -2.11. The van der Waals surface area contributed by atoms with Crippen molar-refractivity contribution in [1.29, 1.82) is 0 Å². The summed E-state index contributed by atoms with van der Waals surface area (Å²) < 4.78 is 16.7. The molecule has 6 heteroatoms. The molecule has 30 heavy (non-hydrogen) atoms. The van der Waals surface area contributed by atoms with Gasteiger partial charge in [0, 0.05) is 17.4 Å². The van der Waals surface area contributed by atoms with Crippen LogP contribution in [0.4, 0.5) is 11.4 Å². The SMILES string of the molecule is CCOc1cccc(NCC(=O)Nc2ccc(OCCOc3ccccc3)cc2)c1. The van der Waals surface area contributed by atoms with Gasteiger partial charge in [-0.3, -0.25) is 4.79 Å². The first-order valence-electron chi connectivity index (χ1n) is 9.90. The minimum atomic E-state index is -0.137. The van der Waals surface area contributed by atoms with E-state index < -0.39 is 0 Å². The van der Waals surface area contributed by atoms with Crippen LogP contribution in [-0.2, 0) is 4.79 Å². The van der Waals surface area contributed by atoms with Gasteiger partial charge in [-0.1, -0.05) is 24.3 Å². The van der Waals surface area contributed by atoms with Gasteiger partial charge in [0.1, 0.15) is 30.5 Å².